The van der Waals surface area contributed by atoms with Gasteiger partial charge in [0.05, 0.1) is 4.90 Å². The van der Waals surface area contributed by atoms with Crippen LogP contribution in [0, 0.1) is 6.92 Å². The van der Waals surface area contributed by atoms with E-state index in [1.165, 1.54) is 6.42 Å². The fourth-order valence-electron chi connectivity index (χ4n) is 3.40. The first-order valence-corrected chi connectivity index (χ1v) is 9.31. The number of nitrogens with one attached hydrogen (secondary N) is 2. The molecule has 1 aromatic rings. The van der Waals surface area contributed by atoms with E-state index in [1.54, 1.807) is 25.1 Å². The molecule has 4 nitrogen and oxygen atoms in total. The molecule has 1 spiro atoms. The lowest BCUT2D eigenvalue weighted by molar-refractivity contribution is 0.126. The molecule has 1 aromatic carbocycles. The van der Waals surface area contributed by atoms with Crippen LogP contribution in [0.2, 0.25) is 5.02 Å². The summed E-state index contributed by atoms with van der Waals surface area (Å²) in [5.74, 6) is 0. The Morgan fingerprint density at radius 1 is 1.38 bits per heavy atom. The fraction of sp³-hybridized carbons (Fsp3) is 0.600. The van der Waals surface area contributed by atoms with E-state index in [0.717, 1.165) is 32.2 Å². The molecule has 1 unspecified atom stereocenters. The largest absolute Gasteiger partial charge is 0.311 e. The highest BCUT2D eigenvalue weighted by Gasteiger charge is 2.41. The van der Waals surface area contributed by atoms with E-state index in [1.807, 2.05) is 0 Å². The minimum atomic E-state index is -3.51. The smallest absolute Gasteiger partial charge is 0.241 e. The zero-order valence-electron chi connectivity index (χ0n) is 12.2. The summed E-state index contributed by atoms with van der Waals surface area (Å²) in [5.41, 5.74) is 0.786. The molecule has 3 rings (SSSR count). The van der Waals surface area contributed by atoms with E-state index in [-0.39, 0.29) is 16.5 Å². The molecule has 116 valence electrons. The first kappa shape index (κ1) is 15.3. The zero-order valence-corrected chi connectivity index (χ0v) is 13.7. The molecule has 1 saturated heterocycles. The maximum absolute atomic E-state index is 12.6. The van der Waals surface area contributed by atoms with Gasteiger partial charge in [-0.25, -0.2) is 13.1 Å². The van der Waals surface area contributed by atoms with Gasteiger partial charge in [-0.15, -0.1) is 0 Å². The standard InChI is InChI=1S/C15H21ClN2O2S/c1-11-13(16)4-2-5-14(11)21(19,20)18-12-6-9-17-15(10-12)7-3-8-15/h2,4-5,12,17-18H,3,6-10H2,1H3. The zero-order chi connectivity index (χ0) is 15.1. The minimum Gasteiger partial charge on any atom is -0.311 e. The summed E-state index contributed by atoms with van der Waals surface area (Å²) < 4.78 is 28.1. The maximum Gasteiger partial charge on any atom is 0.241 e. The molecule has 0 aromatic heterocycles. The van der Waals surface area contributed by atoms with Crippen LogP contribution in [0.15, 0.2) is 23.1 Å². The summed E-state index contributed by atoms with van der Waals surface area (Å²) in [6.07, 6.45) is 5.26. The molecule has 1 aliphatic carbocycles. The predicted molar refractivity (Wildman–Crippen MR) is 84.1 cm³/mol. The Kier molecular flexibility index (Phi) is 4.03. The molecular weight excluding hydrogens is 308 g/mol. The lowest BCUT2D eigenvalue weighted by Gasteiger charge is -2.48. The van der Waals surface area contributed by atoms with E-state index in [9.17, 15) is 8.42 Å². The number of piperidine rings is 1. The number of rotatable bonds is 3. The van der Waals surface area contributed by atoms with Gasteiger partial charge >= 0.3 is 0 Å². The van der Waals surface area contributed by atoms with Crippen LogP contribution < -0.4 is 10.0 Å². The Labute approximate surface area is 131 Å². The number of halogens is 1. The average molecular weight is 329 g/mol. The van der Waals surface area contributed by atoms with Crippen molar-refractivity contribution in [1.29, 1.82) is 0 Å². The van der Waals surface area contributed by atoms with E-state index in [4.69, 9.17) is 11.6 Å². The van der Waals surface area contributed by atoms with E-state index < -0.39 is 10.0 Å². The molecule has 2 aliphatic rings. The molecular formula is C15H21ClN2O2S. The summed E-state index contributed by atoms with van der Waals surface area (Å²) in [4.78, 5) is 0.288. The Bertz CT molecular complexity index is 641. The first-order valence-electron chi connectivity index (χ1n) is 7.44. The summed E-state index contributed by atoms with van der Waals surface area (Å²) in [6.45, 7) is 2.62. The molecule has 2 N–H and O–H groups in total. The molecule has 0 bridgehead atoms. The van der Waals surface area contributed by atoms with Crippen molar-refractivity contribution in [2.24, 2.45) is 0 Å². The van der Waals surface area contributed by atoms with Gasteiger partial charge in [0, 0.05) is 16.6 Å². The molecule has 0 amide bonds. The molecule has 2 fully saturated rings. The third-order valence-electron chi connectivity index (χ3n) is 4.77. The third-order valence-corrected chi connectivity index (χ3v) is 6.84. The highest BCUT2D eigenvalue weighted by molar-refractivity contribution is 7.89. The molecule has 6 heteroatoms. The molecule has 1 aliphatic heterocycles. The summed E-state index contributed by atoms with van der Waals surface area (Å²) in [5, 5.41) is 4.04. The Balaban J connectivity index is 1.78. The van der Waals surface area contributed by atoms with Crippen molar-refractivity contribution in [3.05, 3.63) is 28.8 Å². The monoisotopic (exact) mass is 328 g/mol. The van der Waals surface area contributed by atoms with Crippen LogP contribution in [0.4, 0.5) is 0 Å². The van der Waals surface area contributed by atoms with Gasteiger partial charge in [-0.2, -0.15) is 0 Å². The van der Waals surface area contributed by atoms with Gasteiger partial charge in [-0.05, 0) is 63.3 Å². The van der Waals surface area contributed by atoms with Crippen molar-refractivity contribution in [3.8, 4) is 0 Å². The van der Waals surface area contributed by atoms with Gasteiger partial charge < -0.3 is 5.32 Å². The molecule has 0 radical (unpaired) electrons. The Hall–Kier alpha value is -0.620. The number of hydrogen-bond donors (Lipinski definition) is 2. The van der Waals surface area contributed by atoms with E-state index in [2.05, 4.69) is 10.0 Å². The lowest BCUT2D eigenvalue weighted by Crippen LogP contribution is -2.59. The van der Waals surface area contributed by atoms with Crippen molar-refractivity contribution < 1.29 is 8.42 Å². The number of benzene rings is 1. The number of hydrogen-bond acceptors (Lipinski definition) is 3. The summed E-state index contributed by atoms with van der Waals surface area (Å²) >= 11 is 6.04. The topological polar surface area (TPSA) is 58.2 Å². The maximum atomic E-state index is 12.6. The minimum absolute atomic E-state index is 0.00920. The third kappa shape index (κ3) is 2.97. The summed E-state index contributed by atoms with van der Waals surface area (Å²) in [6, 6.07) is 5.02. The van der Waals surface area contributed by atoms with Crippen molar-refractivity contribution in [2.45, 2.75) is 55.5 Å². The molecule has 1 atom stereocenters. The highest BCUT2D eigenvalue weighted by atomic mass is 35.5. The molecule has 1 heterocycles. The normalized spacial score (nSPS) is 24.8. The SMILES string of the molecule is Cc1c(Cl)cccc1S(=O)(=O)NC1CCNC2(CCC2)C1. The van der Waals surface area contributed by atoms with Gasteiger partial charge in [0.2, 0.25) is 10.0 Å². The van der Waals surface area contributed by atoms with E-state index in [0.29, 0.717) is 10.6 Å². The van der Waals surface area contributed by atoms with Crippen LogP contribution in [0.25, 0.3) is 0 Å². The van der Waals surface area contributed by atoms with Gasteiger partial charge in [-0.3, -0.25) is 0 Å². The van der Waals surface area contributed by atoms with Gasteiger partial charge in [0.1, 0.15) is 0 Å². The van der Waals surface area contributed by atoms with E-state index >= 15 is 0 Å². The lowest BCUT2D eigenvalue weighted by atomic mass is 9.70. The highest BCUT2D eigenvalue weighted by Crippen LogP contribution is 2.38. The van der Waals surface area contributed by atoms with Gasteiger partial charge in [0.25, 0.3) is 0 Å². The van der Waals surface area contributed by atoms with Crippen LogP contribution in [-0.4, -0.2) is 26.5 Å². The number of sulfonamides is 1. The Morgan fingerprint density at radius 2 is 2.14 bits per heavy atom. The van der Waals surface area contributed by atoms with Crippen LogP contribution in [-0.2, 0) is 10.0 Å². The van der Waals surface area contributed by atoms with Crippen LogP contribution >= 0.6 is 11.6 Å². The quantitative estimate of drug-likeness (QED) is 0.896. The van der Waals surface area contributed by atoms with Crippen molar-refractivity contribution >= 4 is 21.6 Å². The second-order valence-electron chi connectivity index (χ2n) is 6.23. The predicted octanol–water partition coefficient (Wildman–Crippen LogP) is 2.60. The first-order chi connectivity index (χ1) is 9.92. The second kappa shape index (κ2) is 5.54. The second-order valence-corrected chi connectivity index (χ2v) is 8.32. The van der Waals surface area contributed by atoms with Gasteiger partial charge in [-0.1, -0.05) is 17.7 Å². The molecule has 21 heavy (non-hydrogen) atoms. The summed E-state index contributed by atoms with van der Waals surface area (Å²) in [7, 11) is -3.51. The molecule has 1 saturated carbocycles. The van der Waals surface area contributed by atoms with Crippen molar-refractivity contribution in [1.82, 2.24) is 10.0 Å². The fourth-order valence-corrected chi connectivity index (χ4v) is 5.17. The Morgan fingerprint density at radius 3 is 2.81 bits per heavy atom. The van der Waals surface area contributed by atoms with Crippen LogP contribution in [0.5, 0.6) is 0 Å². The van der Waals surface area contributed by atoms with Crippen LogP contribution in [0.3, 0.4) is 0 Å². The van der Waals surface area contributed by atoms with Crippen LogP contribution in [0.1, 0.15) is 37.7 Å². The van der Waals surface area contributed by atoms with Gasteiger partial charge in [0.15, 0.2) is 0 Å². The van der Waals surface area contributed by atoms with Crippen molar-refractivity contribution in [3.63, 3.8) is 0 Å². The average Bonchev–Trinajstić information content (AvgIpc) is 2.39. The van der Waals surface area contributed by atoms with Crippen molar-refractivity contribution in [2.75, 3.05) is 6.54 Å².